The Morgan fingerprint density at radius 1 is 1.11 bits per heavy atom. The molecule has 1 saturated heterocycles. The molecule has 12 heteroatoms. The number of ether oxygens (including phenoxy) is 1. The highest BCUT2D eigenvalue weighted by molar-refractivity contribution is 8.76. The maximum absolute atomic E-state index is 13.4. The van der Waals surface area contributed by atoms with Crippen LogP contribution < -0.4 is 16.0 Å². The van der Waals surface area contributed by atoms with Gasteiger partial charge in [-0.25, -0.2) is 0 Å². The summed E-state index contributed by atoms with van der Waals surface area (Å²) in [4.78, 5) is 56.4. The number of allylic oxidation sites excluding steroid dienone is 1. The molecular weight excluding hydrogens is 516 g/mol. The van der Waals surface area contributed by atoms with Crippen LogP contribution in [0.4, 0.5) is 0 Å². The maximum atomic E-state index is 13.4. The van der Waals surface area contributed by atoms with E-state index in [0.717, 1.165) is 11.3 Å². The normalized spacial score (nSPS) is 29.6. The molecule has 2 bridgehead atoms. The summed E-state index contributed by atoms with van der Waals surface area (Å²) in [5, 5.41) is 19.1. The molecule has 1 fully saturated rings. The molecule has 0 spiro atoms. The molecule has 1 aromatic rings. The third-order valence-electron chi connectivity index (χ3n) is 5.97. The molecule has 1 aromatic heterocycles. The summed E-state index contributed by atoms with van der Waals surface area (Å²) >= 11 is 0. The van der Waals surface area contributed by atoms with Gasteiger partial charge in [-0.2, -0.15) is 0 Å². The summed E-state index contributed by atoms with van der Waals surface area (Å²) in [6.07, 6.45) is 4.95. The van der Waals surface area contributed by atoms with Gasteiger partial charge in [0.25, 0.3) is 0 Å². The van der Waals surface area contributed by atoms with Gasteiger partial charge in [0.05, 0.1) is 25.0 Å². The Labute approximate surface area is 224 Å². The zero-order valence-electron chi connectivity index (χ0n) is 20.9. The Balaban J connectivity index is 1.98. The van der Waals surface area contributed by atoms with Gasteiger partial charge in [0.1, 0.15) is 18.2 Å². The van der Waals surface area contributed by atoms with Gasteiger partial charge in [0.15, 0.2) is 0 Å². The molecule has 4 N–H and O–H groups in total. The topological polar surface area (TPSA) is 147 Å². The lowest BCUT2D eigenvalue weighted by Crippen LogP contribution is -2.58. The third kappa shape index (κ3) is 9.35. The third-order valence-corrected chi connectivity index (χ3v) is 8.42. The van der Waals surface area contributed by atoms with E-state index < -0.39 is 54.0 Å². The van der Waals surface area contributed by atoms with E-state index in [1.54, 1.807) is 41.4 Å². The van der Waals surface area contributed by atoms with E-state index in [-0.39, 0.29) is 30.9 Å². The lowest BCUT2D eigenvalue weighted by Gasteiger charge is -2.29. The predicted octanol–water partition coefficient (Wildman–Crippen LogP) is 1.14. The van der Waals surface area contributed by atoms with E-state index in [1.165, 1.54) is 10.8 Å². The van der Waals surface area contributed by atoms with E-state index in [1.807, 2.05) is 19.9 Å². The molecule has 0 radical (unpaired) electrons. The number of aliphatic hydroxyl groups is 1. The van der Waals surface area contributed by atoms with Crippen molar-refractivity contribution in [3.63, 3.8) is 0 Å². The number of aromatic nitrogens is 1. The van der Waals surface area contributed by atoms with Crippen LogP contribution in [0, 0.1) is 5.92 Å². The second kappa shape index (κ2) is 14.4. The minimum Gasteiger partial charge on any atom is -0.457 e. The monoisotopic (exact) mass is 550 g/mol. The van der Waals surface area contributed by atoms with Crippen LogP contribution in [-0.2, 0) is 30.3 Å². The van der Waals surface area contributed by atoms with Crippen LogP contribution in [-0.4, -0.2) is 75.6 Å². The molecule has 3 heterocycles. The molecule has 3 rings (SSSR count). The SMILES string of the molecule is CC(C)[C@H]1NC(=O)[C@@H]2CSSCC/C=C/[C@H](CC(=O)N[C@H](Cc3cccnc3)C(=O)N2)OC(=O)C[C@@H]1O. The van der Waals surface area contributed by atoms with Gasteiger partial charge in [-0.3, -0.25) is 24.2 Å². The van der Waals surface area contributed by atoms with Crippen molar-refractivity contribution in [3.8, 4) is 0 Å². The van der Waals surface area contributed by atoms with Crippen LogP contribution in [0.5, 0.6) is 0 Å². The van der Waals surface area contributed by atoms with Crippen molar-refractivity contribution < 1.29 is 29.0 Å². The highest BCUT2D eigenvalue weighted by Crippen LogP contribution is 2.24. The Morgan fingerprint density at radius 2 is 1.92 bits per heavy atom. The predicted molar refractivity (Wildman–Crippen MR) is 142 cm³/mol. The van der Waals surface area contributed by atoms with Crippen LogP contribution in [0.3, 0.4) is 0 Å². The molecule has 0 saturated carbocycles. The van der Waals surface area contributed by atoms with Gasteiger partial charge >= 0.3 is 5.97 Å². The van der Waals surface area contributed by atoms with E-state index >= 15 is 0 Å². The first-order chi connectivity index (χ1) is 17.7. The van der Waals surface area contributed by atoms with E-state index in [4.69, 9.17) is 4.74 Å². The highest BCUT2D eigenvalue weighted by atomic mass is 33.1. The van der Waals surface area contributed by atoms with Crippen LogP contribution in [0.25, 0.3) is 0 Å². The van der Waals surface area contributed by atoms with Gasteiger partial charge in [-0.1, -0.05) is 47.6 Å². The number of esters is 1. The average Bonchev–Trinajstić information content (AvgIpc) is 2.84. The zero-order chi connectivity index (χ0) is 26.8. The number of amides is 3. The molecule has 10 nitrogen and oxygen atoms in total. The fourth-order valence-corrected chi connectivity index (χ4v) is 6.19. The van der Waals surface area contributed by atoms with Crippen LogP contribution in [0.1, 0.15) is 38.7 Å². The summed E-state index contributed by atoms with van der Waals surface area (Å²) < 4.78 is 5.54. The molecule has 2 aliphatic heterocycles. The summed E-state index contributed by atoms with van der Waals surface area (Å²) in [6, 6.07) is 0.890. The van der Waals surface area contributed by atoms with Gasteiger partial charge in [0.2, 0.25) is 17.7 Å². The minimum atomic E-state index is -1.20. The van der Waals surface area contributed by atoms with Crippen molar-refractivity contribution in [2.24, 2.45) is 5.92 Å². The lowest BCUT2D eigenvalue weighted by atomic mass is 9.96. The molecule has 0 aromatic carbocycles. The maximum Gasteiger partial charge on any atom is 0.309 e. The molecule has 3 amide bonds. The number of carbonyl (C=O) groups excluding carboxylic acids is 4. The fraction of sp³-hybridized carbons (Fsp3) is 0.560. The molecule has 0 aliphatic carbocycles. The van der Waals surface area contributed by atoms with Crippen molar-refractivity contribution in [2.75, 3.05) is 11.5 Å². The Kier molecular flexibility index (Phi) is 11.3. The van der Waals surface area contributed by atoms with E-state index in [2.05, 4.69) is 20.9 Å². The average molecular weight is 551 g/mol. The molecule has 0 unspecified atom stereocenters. The number of hydrogen-bond donors (Lipinski definition) is 4. The summed E-state index contributed by atoms with van der Waals surface area (Å²) in [5.74, 6) is -1.34. The number of carbonyl (C=O) groups is 4. The Bertz CT molecular complexity index is 977. The standard InChI is InChI=1S/C25H34N4O6S2/c1-15(2)23-20(30)12-22(32)35-17-7-3-4-9-36-37-14-19(25(34)29-23)28-24(33)18(27-21(31)11-17)10-16-6-5-8-26-13-16/h3,5-8,13,15,17-20,23,30H,4,9-12,14H2,1-2H3,(H,27,31)(H,28,33)(H,29,34)/b7-3+/t17-,18-,19+,20+,23-/m1/s1. The second-order valence-electron chi connectivity index (χ2n) is 9.35. The van der Waals surface area contributed by atoms with E-state index in [9.17, 15) is 24.3 Å². The second-order valence-corrected chi connectivity index (χ2v) is 12.0. The highest BCUT2D eigenvalue weighted by Gasteiger charge is 2.33. The minimum absolute atomic E-state index is 0.162. The Hall–Kier alpha value is -2.57. The van der Waals surface area contributed by atoms with Crippen molar-refractivity contribution in [2.45, 2.75) is 69.9 Å². The van der Waals surface area contributed by atoms with E-state index in [0.29, 0.717) is 6.42 Å². The van der Waals surface area contributed by atoms with Crippen LogP contribution in [0.2, 0.25) is 0 Å². The summed E-state index contributed by atoms with van der Waals surface area (Å²) in [5.41, 5.74) is 0.732. The van der Waals surface area contributed by atoms with Gasteiger partial charge in [-0.15, -0.1) is 0 Å². The number of nitrogens with zero attached hydrogens (tertiary/aromatic N) is 1. The largest absolute Gasteiger partial charge is 0.457 e. The van der Waals surface area contributed by atoms with Crippen molar-refractivity contribution in [3.05, 3.63) is 42.2 Å². The summed E-state index contributed by atoms with van der Waals surface area (Å²) in [7, 11) is 3.01. The van der Waals surface area contributed by atoms with Gasteiger partial charge in [-0.05, 0) is 30.0 Å². The van der Waals surface area contributed by atoms with Crippen LogP contribution >= 0.6 is 21.6 Å². The first kappa shape index (κ1) is 29.0. The van der Waals surface area contributed by atoms with Crippen molar-refractivity contribution >= 4 is 45.3 Å². The molecule has 5 atom stereocenters. The van der Waals surface area contributed by atoms with Crippen molar-refractivity contribution in [1.29, 1.82) is 0 Å². The number of nitrogens with one attached hydrogen (secondary N) is 3. The summed E-state index contributed by atoms with van der Waals surface area (Å²) in [6.45, 7) is 3.64. The van der Waals surface area contributed by atoms with Crippen molar-refractivity contribution in [1.82, 2.24) is 20.9 Å². The van der Waals surface area contributed by atoms with Gasteiger partial charge in [0, 0.05) is 30.3 Å². The first-order valence-corrected chi connectivity index (χ1v) is 14.8. The zero-order valence-corrected chi connectivity index (χ0v) is 22.6. The number of aliphatic hydroxyl groups excluding tert-OH is 1. The van der Waals surface area contributed by atoms with Crippen LogP contribution in [0.15, 0.2) is 36.7 Å². The molecular formula is C25H34N4O6S2. The number of hydrogen-bond acceptors (Lipinski definition) is 9. The first-order valence-electron chi connectivity index (χ1n) is 12.3. The molecule has 202 valence electrons. The lowest BCUT2D eigenvalue weighted by molar-refractivity contribution is -0.151. The molecule has 37 heavy (non-hydrogen) atoms. The molecule has 2 aliphatic rings. The number of fused-ring (bicyclic) bond motifs is 7. The Morgan fingerprint density at radius 3 is 2.65 bits per heavy atom. The number of pyridine rings is 1. The van der Waals surface area contributed by atoms with Gasteiger partial charge < -0.3 is 25.8 Å². The quantitative estimate of drug-likeness (QED) is 0.247. The smallest absolute Gasteiger partial charge is 0.309 e. The number of rotatable bonds is 3. The fourth-order valence-electron chi connectivity index (χ4n) is 4.03.